The molecule has 6 nitrogen and oxygen atoms in total. The molecule has 0 saturated carbocycles. The van der Waals surface area contributed by atoms with Crippen LogP contribution in [0.15, 0.2) is 35.7 Å². The average Bonchev–Trinajstić information content (AvgIpc) is 3.42. The van der Waals surface area contributed by atoms with Crippen LogP contribution in [0.1, 0.15) is 12.1 Å². The molecule has 28 heavy (non-hydrogen) atoms. The van der Waals surface area contributed by atoms with Gasteiger partial charge in [-0.2, -0.15) is 0 Å². The summed E-state index contributed by atoms with van der Waals surface area (Å²) < 4.78 is 11.1. The molecule has 1 aromatic heterocycles. The predicted molar refractivity (Wildman–Crippen MR) is 109 cm³/mol. The largest absolute Gasteiger partial charge is 0.381 e. The number of rotatable bonds is 7. The van der Waals surface area contributed by atoms with Crippen LogP contribution < -0.4 is 5.32 Å². The molecule has 2 aliphatic rings. The fourth-order valence-electron chi connectivity index (χ4n) is 3.91. The first-order valence-electron chi connectivity index (χ1n) is 9.95. The van der Waals surface area contributed by atoms with Crippen LogP contribution in [-0.4, -0.2) is 67.9 Å². The lowest BCUT2D eigenvalue weighted by molar-refractivity contribution is -0.121. The lowest BCUT2D eigenvalue weighted by Gasteiger charge is -2.37. The first kappa shape index (κ1) is 19.5. The molecule has 2 fully saturated rings. The third kappa shape index (κ3) is 4.97. The summed E-state index contributed by atoms with van der Waals surface area (Å²) in [5.74, 6) is 0.504. The molecule has 2 aromatic rings. The van der Waals surface area contributed by atoms with E-state index in [0.717, 1.165) is 62.2 Å². The van der Waals surface area contributed by atoms with E-state index in [-0.39, 0.29) is 5.91 Å². The molecule has 150 valence electrons. The second-order valence-corrected chi connectivity index (χ2v) is 8.19. The number of amides is 1. The molecule has 3 heterocycles. The third-order valence-electron chi connectivity index (χ3n) is 5.45. The van der Waals surface area contributed by atoms with Crippen molar-refractivity contribution in [3.63, 3.8) is 0 Å². The van der Waals surface area contributed by atoms with Crippen LogP contribution in [0.2, 0.25) is 0 Å². The SMILES string of the molecule is O=C(Cc1csc(-c2ccccc2)n1)NCC(C1CCOC1)N1CCOCC1. The molecule has 2 saturated heterocycles. The number of thiazole rings is 1. The highest BCUT2D eigenvalue weighted by molar-refractivity contribution is 7.13. The summed E-state index contributed by atoms with van der Waals surface area (Å²) >= 11 is 1.58. The van der Waals surface area contributed by atoms with Crippen molar-refractivity contribution in [2.45, 2.75) is 18.9 Å². The number of carbonyl (C=O) groups excluding carboxylic acids is 1. The van der Waals surface area contributed by atoms with Crippen LogP contribution in [0.5, 0.6) is 0 Å². The number of nitrogens with one attached hydrogen (secondary N) is 1. The number of hydrogen-bond acceptors (Lipinski definition) is 6. The highest BCUT2D eigenvalue weighted by Gasteiger charge is 2.31. The van der Waals surface area contributed by atoms with E-state index in [2.05, 4.69) is 15.2 Å². The van der Waals surface area contributed by atoms with Crippen LogP contribution >= 0.6 is 11.3 Å². The molecule has 0 spiro atoms. The molecule has 4 rings (SSSR count). The fourth-order valence-corrected chi connectivity index (χ4v) is 4.73. The number of ether oxygens (including phenoxy) is 2. The Balaban J connectivity index is 1.32. The maximum Gasteiger partial charge on any atom is 0.226 e. The van der Waals surface area contributed by atoms with Gasteiger partial charge in [-0.05, 0) is 6.42 Å². The van der Waals surface area contributed by atoms with Crippen LogP contribution in [0.4, 0.5) is 0 Å². The summed E-state index contributed by atoms with van der Waals surface area (Å²) in [6.07, 6.45) is 1.38. The van der Waals surface area contributed by atoms with Crippen LogP contribution in [0.3, 0.4) is 0 Å². The Bertz CT molecular complexity index is 755. The van der Waals surface area contributed by atoms with Crippen molar-refractivity contribution in [1.82, 2.24) is 15.2 Å². The molecule has 1 N–H and O–H groups in total. The molecule has 0 bridgehead atoms. The summed E-state index contributed by atoms with van der Waals surface area (Å²) in [7, 11) is 0. The zero-order valence-corrected chi connectivity index (χ0v) is 16.8. The normalized spacial score (nSPS) is 21.5. The van der Waals surface area contributed by atoms with Gasteiger partial charge >= 0.3 is 0 Å². The Kier molecular flexibility index (Phi) is 6.69. The van der Waals surface area contributed by atoms with E-state index in [1.54, 1.807) is 11.3 Å². The maximum absolute atomic E-state index is 12.5. The van der Waals surface area contributed by atoms with Crippen molar-refractivity contribution < 1.29 is 14.3 Å². The number of benzene rings is 1. The van der Waals surface area contributed by atoms with Gasteiger partial charge in [0, 0.05) is 49.1 Å². The number of carbonyl (C=O) groups is 1. The van der Waals surface area contributed by atoms with E-state index in [1.165, 1.54) is 0 Å². The smallest absolute Gasteiger partial charge is 0.226 e. The van der Waals surface area contributed by atoms with Crippen molar-refractivity contribution in [3.8, 4) is 10.6 Å². The molecule has 7 heteroatoms. The molecular weight excluding hydrogens is 374 g/mol. The Morgan fingerprint density at radius 2 is 2.04 bits per heavy atom. The minimum absolute atomic E-state index is 0.0297. The van der Waals surface area contributed by atoms with Crippen molar-refractivity contribution in [2.75, 3.05) is 46.1 Å². The Labute approximate surface area is 169 Å². The van der Waals surface area contributed by atoms with Gasteiger partial charge in [0.15, 0.2) is 0 Å². The van der Waals surface area contributed by atoms with E-state index in [1.807, 2.05) is 35.7 Å². The van der Waals surface area contributed by atoms with Gasteiger partial charge in [0.25, 0.3) is 0 Å². The van der Waals surface area contributed by atoms with Gasteiger partial charge in [0.2, 0.25) is 5.91 Å². The van der Waals surface area contributed by atoms with E-state index >= 15 is 0 Å². The monoisotopic (exact) mass is 401 g/mol. The van der Waals surface area contributed by atoms with E-state index in [9.17, 15) is 4.79 Å². The summed E-state index contributed by atoms with van der Waals surface area (Å²) in [6, 6.07) is 10.4. The summed E-state index contributed by atoms with van der Waals surface area (Å²) in [5, 5.41) is 6.08. The molecular formula is C21H27N3O3S. The van der Waals surface area contributed by atoms with Gasteiger partial charge in [-0.3, -0.25) is 9.69 Å². The standard InChI is InChI=1S/C21H27N3O3S/c25-20(12-18-15-28-21(23-18)16-4-2-1-3-5-16)22-13-19(17-6-9-27-14-17)24-7-10-26-11-8-24/h1-5,15,17,19H,6-14H2,(H,22,25). The Hall–Kier alpha value is -1.80. The molecule has 1 aromatic carbocycles. The zero-order valence-electron chi connectivity index (χ0n) is 16.0. The van der Waals surface area contributed by atoms with Gasteiger partial charge in [-0.1, -0.05) is 30.3 Å². The number of aromatic nitrogens is 1. The van der Waals surface area contributed by atoms with Crippen molar-refractivity contribution in [3.05, 3.63) is 41.4 Å². The molecule has 2 atom stereocenters. The average molecular weight is 402 g/mol. The topological polar surface area (TPSA) is 63.7 Å². The number of hydrogen-bond donors (Lipinski definition) is 1. The van der Waals surface area contributed by atoms with Gasteiger partial charge in [0.05, 0.1) is 31.9 Å². The van der Waals surface area contributed by atoms with E-state index < -0.39 is 0 Å². The van der Waals surface area contributed by atoms with Gasteiger partial charge in [-0.15, -0.1) is 11.3 Å². The summed E-state index contributed by atoms with van der Waals surface area (Å²) in [6.45, 7) is 5.62. The fraction of sp³-hybridized carbons (Fsp3) is 0.524. The Morgan fingerprint density at radius 3 is 2.79 bits per heavy atom. The zero-order chi connectivity index (χ0) is 19.2. The van der Waals surface area contributed by atoms with Gasteiger partial charge in [0.1, 0.15) is 5.01 Å². The second kappa shape index (κ2) is 9.60. The van der Waals surface area contributed by atoms with Crippen molar-refractivity contribution in [2.24, 2.45) is 5.92 Å². The first-order chi connectivity index (χ1) is 13.8. The Morgan fingerprint density at radius 1 is 1.21 bits per heavy atom. The molecule has 0 aliphatic carbocycles. The minimum atomic E-state index is 0.0297. The van der Waals surface area contributed by atoms with Crippen LogP contribution in [-0.2, 0) is 20.7 Å². The maximum atomic E-state index is 12.5. The molecule has 2 unspecified atom stereocenters. The van der Waals surface area contributed by atoms with Crippen LogP contribution in [0.25, 0.3) is 10.6 Å². The van der Waals surface area contributed by atoms with E-state index in [4.69, 9.17) is 9.47 Å². The van der Waals surface area contributed by atoms with Gasteiger partial charge in [-0.25, -0.2) is 4.98 Å². The quantitative estimate of drug-likeness (QED) is 0.771. The first-order valence-corrected chi connectivity index (χ1v) is 10.8. The van der Waals surface area contributed by atoms with Gasteiger partial charge < -0.3 is 14.8 Å². The van der Waals surface area contributed by atoms with Crippen molar-refractivity contribution >= 4 is 17.2 Å². The highest BCUT2D eigenvalue weighted by Crippen LogP contribution is 2.24. The number of morpholine rings is 1. The predicted octanol–water partition coefficient (Wildman–Crippen LogP) is 2.21. The molecule has 2 aliphatic heterocycles. The lowest BCUT2D eigenvalue weighted by atomic mass is 9.97. The number of nitrogens with zero attached hydrogens (tertiary/aromatic N) is 2. The highest BCUT2D eigenvalue weighted by atomic mass is 32.1. The summed E-state index contributed by atoms with van der Waals surface area (Å²) in [5.41, 5.74) is 1.92. The van der Waals surface area contributed by atoms with E-state index in [0.29, 0.717) is 24.9 Å². The molecule has 1 amide bonds. The third-order valence-corrected chi connectivity index (χ3v) is 6.39. The lowest BCUT2D eigenvalue weighted by Crippen LogP contribution is -2.52. The molecule has 0 radical (unpaired) electrons. The summed E-state index contributed by atoms with van der Waals surface area (Å²) in [4.78, 5) is 19.6. The minimum Gasteiger partial charge on any atom is -0.381 e. The second-order valence-electron chi connectivity index (χ2n) is 7.33. The van der Waals surface area contributed by atoms with Crippen molar-refractivity contribution in [1.29, 1.82) is 0 Å². The van der Waals surface area contributed by atoms with Crippen LogP contribution in [0, 0.1) is 5.92 Å².